The summed E-state index contributed by atoms with van der Waals surface area (Å²) in [7, 11) is 0. The zero-order valence-electron chi connectivity index (χ0n) is 12.2. The Morgan fingerprint density at radius 2 is 2.19 bits per heavy atom. The number of morpholine rings is 1. The molecule has 1 unspecified atom stereocenters. The SMILES string of the molecule is Cc1cc(-c2nnc(CN3CCOC(CO)C3)o2)c(C)o1. The van der Waals surface area contributed by atoms with Crippen LogP contribution in [0.15, 0.2) is 14.9 Å². The third-order valence-electron chi connectivity index (χ3n) is 3.52. The Kier molecular flexibility index (Phi) is 4.05. The number of ether oxygens (including phenoxy) is 1. The summed E-state index contributed by atoms with van der Waals surface area (Å²) in [6.45, 7) is 6.40. The first-order valence-corrected chi connectivity index (χ1v) is 7.00. The van der Waals surface area contributed by atoms with Gasteiger partial charge in [-0.15, -0.1) is 10.2 Å². The Labute approximate surface area is 122 Å². The van der Waals surface area contributed by atoms with E-state index in [4.69, 9.17) is 18.7 Å². The van der Waals surface area contributed by atoms with Gasteiger partial charge in [-0.25, -0.2) is 0 Å². The monoisotopic (exact) mass is 293 g/mol. The van der Waals surface area contributed by atoms with Crippen molar-refractivity contribution in [2.45, 2.75) is 26.5 Å². The molecule has 0 aliphatic carbocycles. The van der Waals surface area contributed by atoms with E-state index in [1.165, 1.54) is 0 Å². The van der Waals surface area contributed by atoms with Crippen LogP contribution in [-0.2, 0) is 11.3 Å². The largest absolute Gasteiger partial charge is 0.466 e. The molecule has 114 valence electrons. The van der Waals surface area contributed by atoms with Gasteiger partial charge in [-0.05, 0) is 19.9 Å². The third kappa shape index (κ3) is 3.15. The van der Waals surface area contributed by atoms with E-state index >= 15 is 0 Å². The van der Waals surface area contributed by atoms with Crippen molar-refractivity contribution in [2.24, 2.45) is 0 Å². The highest BCUT2D eigenvalue weighted by molar-refractivity contribution is 5.55. The summed E-state index contributed by atoms with van der Waals surface area (Å²) in [4.78, 5) is 2.13. The molecule has 1 aliphatic heterocycles. The van der Waals surface area contributed by atoms with E-state index < -0.39 is 0 Å². The number of hydrogen-bond acceptors (Lipinski definition) is 7. The lowest BCUT2D eigenvalue weighted by molar-refractivity contribution is -0.0568. The van der Waals surface area contributed by atoms with Gasteiger partial charge in [0.2, 0.25) is 5.89 Å². The van der Waals surface area contributed by atoms with Gasteiger partial charge in [0.1, 0.15) is 11.5 Å². The fourth-order valence-corrected chi connectivity index (χ4v) is 2.50. The number of hydrogen-bond donors (Lipinski definition) is 1. The molecule has 3 rings (SSSR count). The highest BCUT2D eigenvalue weighted by atomic mass is 16.5. The van der Waals surface area contributed by atoms with Crippen molar-refractivity contribution < 1.29 is 18.7 Å². The van der Waals surface area contributed by atoms with Crippen LogP contribution >= 0.6 is 0 Å². The van der Waals surface area contributed by atoms with Gasteiger partial charge in [0.15, 0.2) is 0 Å². The molecule has 1 saturated heterocycles. The van der Waals surface area contributed by atoms with Crippen LogP contribution < -0.4 is 0 Å². The van der Waals surface area contributed by atoms with E-state index in [2.05, 4.69) is 15.1 Å². The predicted molar refractivity (Wildman–Crippen MR) is 73.6 cm³/mol. The van der Waals surface area contributed by atoms with Gasteiger partial charge in [0.05, 0.1) is 31.4 Å². The third-order valence-corrected chi connectivity index (χ3v) is 3.52. The first kappa shape index (κ1) is 14.2. The fourth-order valence-electron chi connectivity index (χ4n) is 2.50. The number of aryl methyl sites for hydroxylation is 2. The molecule has 2 aromatic heterocycles. The summed E-state index contributed by atoms with van der Waals surface area (Å²) >= 11 is 0. The highest BCUT2D eigenvalue weighted by Crippen LogP contribution is 2.25. The van der Waals surface area contributed by atoms with Gasteiger partial charge in [-0.3, -0.25) is 4.90 Å². The summed E-state index contributed by atoms with van der Waals surface area (Å²) < 4.78 is 16.6. The van der Waals surface area contributed by atoms with Crippen molar-refractivity contribution in [1.82, 2.24) is 15.1 Å². The lowest BCUT2D eigenvalue weighted by atomic mass is 10.2. The van der Waals surface area contributed by atoms with E-state index in [0.717, 1.165) is 23.6 Å². The molecule has 1 N–H and O–H groups in total. The summed E-state index contributed by atoms with van der Waals surface area (Å²) in [5.41, 5.74) is 0.835. The standard InChI is InChI=1S/C14H19N3O4/c1-9-5-12(10(2)20-9)14-16-15-13(21-14)7-17-3-4-19-11(6-17)8-18/h5,11,18H,3-4,6-8H2,1-2H3. The number of furan rings is 1. The maximum atomic E-state index is 9.15. The zero-order valence-corrected chi connectivity index (χ0v) is 12.2. The highest BCUT2D eigenvalue weighted by Gasteiger charge is 2.22. The summed E-state index contributed by atoms with van der Waals surface area (Å²) in [5, 5.41) is 17.3. The van der Waals surface area contributed by atoms with Crippen molar-refractivity contribution in [1.29, 1.82) is 0 Å². The first-order valence-electron chi connectivity index (χ1n) is 7.00. The Balaban J connectivity index is 1.69. The average molecular weight is 293 g/mol. The van der Waals surface area contributed by atoms with Gasteiger partial charge in [-0.2, -0.15) is 0 Å². The molecule has 0 spiro atoms. The van der Waals surface area contributed by atoms with E-state index in [0.29, 0.717) is 31.5 Å². The molecule has 0 radical (unpaired) electrons. The normalized spacial score (nSPS) is 20.0. The second-order valence-electron chi connectivity index (χ2n) is 5.24. The average Bonchev–Trinajstić information content (AvgIpc) is 3.05. The smallest absolute Gasteiger partial charge is 0.251 e. The molecule has 2 aromatic rings. The van der Waals surface area contributed by atoms with Crippen LogP contribution in [0.5, 0.6) is 0 Å². The van der Waals surface area contributed by atoms with E-state index in [9.17, 15) is 0 Å². The second-order valence-corrected chi connectivity index (χ2v) is 5.24. The first-order chi connectivity index (χ1) is 10.2. The maximum absolute atomic E-state index is 9.15. The molecule has 0 aromatic carbocycles. The number of nitrogens with zero attached hydrogens (tertiary/aromatic N) is 3. The molecule has 0 saturated carbocycles. The molecule has 21 heavy (non-hydrogen) atoms. The Bertz CT molecular complexity index is 607. The van der Waals surface area contributed by atoms with Crippen LogP contribution in [0, 0.1) is 13.8 Å². The van der Waals surface area contributed by atoms with Crippen LogP contribution in [0.3, 0.4) is 0 Å². The van der Waals surface area contributed by atoms with Crippen molar-refractivity contribution >= 4 is 0 Å². The summed E-state index contributed by atoms with van der Waals surface area (Å²) in [6.07, 6.45) is -0.139. The minimum absolute atomic E-state index is 0.0269. The van der Waals surface area contributed by atoms with Crippen LogP contribution in [0.2, 0.25) is 0 Å². The quantitative estimate of drug-likeness (QED) is 0.904. The van der Waals surface area contributed by atoms with Gasteiger partial charge in [0, 0.05) is 13.1 Å². The maximum Gasteiger partial charge on any atom is 0.251 e. The van der Waals surface area contributed by atoms with Crippen molar-refractivity contribution in [3.05, 3.63) is 23.5 Å². The lowest BCUT2D eigenvalue weighted by Gasteiger charge is -2.30. The molecule has 3 heterocycles. The Hall–Kier alpha value is -1.70. The Morgan fingerprint density at radius 1 is 1.33 bits per heavy atom. The van der Waals surface area contributed by atoms with Crippen LogP contribution in [0.1, 0.15) is 17.4 Å². The summed E-state index contributed by atoms with van der Waals surface area (Å²) in [5.74, 6) is 2.63. The van der Waals surface area contributed by atoms with Crippen molar-refractivity contribution in [3.63, 3.8) is 0 Å². The van der Waals surface area contributed by atoms with E-state index in [1.807, 2.05) is 19.9 Å². The zero-order chi connectivity index (χ0) is 14.8. The second kappa shape index (κ2) is 5.97. The molecule has 7 nitrogen and oxygen atoms in total. The van der Waals surface area contributed by atoms with Crippen molar-refractivity contribution in [3.8, 4) is 11.5 Å². The molecule has 1 fully saturated rings. The minimum Gasteiger partial charge on any atom is -0.466 e. The predicted octanol–water partition coefficient (Wildman–Crippen LogP) is 1.14. The lowest BCUT2D eigenvalue weighted by Crippen LogP contribution is -2.43. The van der Waals surface area contributed by atoms with Crippen molar-refractivity contribution in [2.75, 3.05) is 26.3 Å². The molecule has 1 atom stereocenters. The minimum atomic E-state index is -0.139. The van der Waals surface area contributed by atoms with Gasteiger partial charge < -0.3 is 18.7 Å². The molecule has 0 amide bonds. The molecular weight excluding hydrogens is 274 g/mol. The molecule has 0 bridgehead atoms. The van der Waals surface area contributed by atoms with Gasteiger partial charge in [0.25, 0.3) is 5.89 Å². The molecule has 1 aliphatic rings. The Morgan fingerprint density at radius 3 is 2.90 bits per heavy atom. The fraction of sp³-hybridized carbons (Fsp3) is 0.571. The van der Waals surface area contributed by atoms with Gasteiger partial charge in [-0.1, -0.05) is 0 Å². The molecule has 7 heteroatoms. The van der Waals surface area contributed by atoms with Crippen LogP contribution in [-0.4, -0.2) is 52.6 Å². The number of aliphatic hydroxyl groups excluding tert-OH is 1. The van der Waals surface area contributed by atoms with E-state index in [1.54, 1.807) is 0 Å². The van der Waals surface area contributed by atoms with E-state index in [-0.39, 0.29) is 12.7 Å². The summed E-state index contributed by atoms with van der Waals surface area (Å²) in [6, 6.07) is 1.89. The number of aliphatic hydroxyl groups is 1. The molecular formula is C14H19N3O4. The van der Waals surface area contributed by atoms with Crippen LogP contribution in [0.4, 0.5) is 0 Å². The van der Waals surface area contributed by atoms with Crippen LogP contribution in [0.25, 0.3) is 11.5 Å². The topological polar surface area (TPSA) is 84.8 Å². The number of rotatable bonds is 4. The van der Waals surface area contributed by atoms with Gasteiger partial charge >= 0.3 is 0 Å². The number of aromatic nitrogens is 2.